The smallest absolute Gasteiger partial charge is 0.377 e. The molecule has 68 valence electrons. The number of aliphatic hydroxyl groups is 2. The van der Waals surface area contributed by atoms with Gasteiger partial charge in [0, 0.05) is 5.92 Å². The molecule has 2 atom stereocenters. The Morgan fingerprint density at radius 1 is 1.58 bits per heavy atom. The molecular weight excluding hydrogens is 160 g/mol. The number of aliphatic hydroxyl groups excluding tert-OH is 2. The van der Waals surface area contributed by atoms with Crippen LogP contribution in [-0.2, 0) is 9.53 Å². The van der Waals surface area contributed by atoms with Crippen molar-refractivity contribution in [3.05, 3.63) is 11.5 Å². The Bertz CT molecular complexity index is 231. The van der Waals surface area contributed by atoms with Gasteiger partial charge in [-0.1, -0.05) is 13.8 Å². The van der Waals surface area contributed by atoms with Gasteiger partial charge in [-0.3, -0.25) is 0 Å². The summed E-state index contributed by atoms with van der Waals surface area (Å²) >= 11 is 0. The molecule has 0 saturated heterocycles. The van der Waals surface area contributed by atoms with Crippen molar-refractivity contribution in [1.29, 1.82) is 0 Å². The van der Waals surface area contributed by atoms with Gasteiger partial charge in [-0.05, 0) is 6.42 Å². The zero-order valence-electron chi connectivity index (χ0n) is 7.07. The van der Waals surface area contributed by atoms with Crippen molar-refractivity contribution in [2.45, 2.75) is 26.4 Å². The van der Waals surface area contributed by atoms with E-state index in [1.165, 1.54) is 0 Å². The zero-order chi connectivity index (χ0) is 9.30. The summed E-state index contributed by atoms with van der Waals surface area (Å²) in [5, 5.41) is 18.1. The molecule has 0 aromatic rings. The van der Waals surface area contributed by atoms with Crippen LogP contribution in [0.1, 0.15) is 20.3 Å². The molecule has 1 rings (SSSR count). The SMILES string of the molecule is CC[C@H](C)[C@H]1OC(=O)C(O)=C1O. The van der Waals surface area contributed by atoms with Gasteiger partial charge < -0.3 is 14.9 Å². The van der Waals surface area contributed by atoms with E-state index in [1.54, 1.807) is 0 Å². The van der Waals surface area contributed by atoms with Crippen molar-refractivity contribution in [2.24, 2.45) is 5.92 Å². The Balaban J connectivity index is 2.80. The number of carbonyl (C=O) groups is 1. The second kappa shape index (κ2) is 3.05. The van der Waals surface area contributed by atoms with Crippen LogP contribution in [0.4, 0.5) is 0 Å². The Kier molecular flexibility index (Phi) is 2.26. The van der Waals surface area contributed by atoms with Crippen molar-refractivity contribution >= 4 is 5.97 Å². The highest BCUT2D eigenvalue weighted by Gasteiger charge is 2.37. The van der Waals surface area contributed by atoms with Crippen molar-refractivity contribution in [1.82, 2.24) is 0 Å². The lowest BCUT2D eigenvalue weighted by atomic mass is 10.0. The third-order valence-corrected chi connectivity index (χ3v) is 2.10. The lowest BCUT2D eigenvalue weighted by Gasteiger charge is -2.15. The van der Waals surface area contributed by atoms with E-state index < -0.39 is 17.8 Å². The zero-order valence-corrected chi connectivity index (χ0v) is 7.07. The molecular formula is C8H12O4. The molecule has 1 aliphatic rings. The second-order valence-corrected chi connectivity index (χ2v) is 2.95. The first-order valence-corrected chi connectivity index (χ1v) is 3.91. The van der Waals surface area contributed by atoms with Gasteiger partial charge in [-0.2, -0.15) is 0 Å². The molecule has 0 aromatic carbocycles. The highest BCUT2D eigenvalue weighted by atomic mass is 16.6. The van der Waals surface area contributed by atoms with Crippen LogP contribution in [0.15, 0.2) is 11.5 Å². The molecule has 0 amide bonds. The molecule has 12 heavy (non-hydrogen) atoms. The molecule has 2 N–H and O–H groups in total. The van der Waals surface area contributed by atoms with Crippen molar-refractivity contribution < 1.29 is 19.7 Å². The highest BCUT2D eigenvalue weighted by Crippen LogP contribution is 2.26. The molecule has 0 fully saturated rings. The number of rotatable bonds is 2. The van der Waals surface area contributed by atoms with E-state index in [2.05, 4.69) is 0 Å². The maximum absolute atomic E-state index is 10.7. The summed E-state index contributed by atoms with van der Waals surface area (Å²) in [6, 6.07) is 0. The standard InChI is InChI=1S/C8H12O4/c1-3-4(2)7-5(9)6(10)8(11)12-7/h4,7,9-10H,3H2,1-2H3/t4-,7+/m0/s1. The minimum absolute atomic E-state index is 0.0265. The molecule has 0 bridgehead atoms. The fourth-order valence-electron chi connectivity index (χ4n) is 1.07. The fourth-order valence-corrected chi connectivity index (χ4v) is 1.07. The van der Waals surface area contributed by atoms with Gasteiger partial charge in [0.1, 0.15) is 0 Å². The first kappa shape index (κ1) is 8.90. The molecule has 0 radical (unpaired) electrons. The van der Waals surface area contributed by atoms with Crippen LogP contribution in [-0.4, -0.2) is 22.3 Å². The van der Waals surface area contributed by atoms with Crippen molar-refractivity contribution in [3.8, 4) is 0 Å². The number of cyclic esters (lactones) is 1. The lowest BCUT2D eigenvalue weighted by molar-refractivity contribution is -0.144. The Hall–Kier alpha value is -1.19. The summed E-state index contributed by atoms with van der Waals surface area (Å²) in [6.45, 7) is 3.76. The van der Waals surface area contributed by atoms with Crippen LogP contribution in [0.2, 0.25) is 0 Å². The molecule has 0 aliphatic carbocycles. The monoisotopic (exact) mass is 172 g/mol. The molecule has 0 spiro atoms. The Morgan fingerprint density at radius 3 is 2.50 bits per heavy atom. The third kappa shape index (κ3) is 1.24. The van der Waals surface area contributed by atoms with E-state index in [0.717, 1.165) is 6.42 Å². The number of hydrogen-bond acceptors (Lipinski definition) is 4. The van der Waals surface area contributed by atoms with Gasteiger partial charge in [0.25, 0.3) is 0 Å². The van der Waals surface area contributed by atoms with Gasteiger partial charge in [-0.25, -0.2) is 4.79 Å². The van der Waals surface area contributed by atoms with Gasteiger partial charge in [0.05, 0.1) is 0 Å². The first-order valence-electron chi connectivity index (χ1n) is 3.91. The quantitative estimate of drug-likeness (QED) is 0.616. The maximum Gasteiger partial charge on any atom is 0.377 e. The maximum atomic E-state index is 10.7. The molecule has 0 unspecified atom stereocenters. The molecule has 4 heteroatoms. The summed E-state index contributed by atoms with van der Waals surface area (Å²) in [7, 11) is 0. The van der Waals surface area contributed by atoms with Crippen LogP contribution in [0.25, 0.3) is 0 Å². The summed E-state index contributed by atoms with van der Waals surface area (Å²) < 4.78 is 4.73. The Morgan fingerprint density at radius 2 is 2.17 bits per heavy atom. The molecule has 1 heterocycles. The van der Waals surface area contributed by atoms with Crippen LogP contribution >= 0.6 is 0 Å². The van der Waals surface area contributed by atoms with Crippen molar-refractivity contribution in [2.75, 3.05) is 0 Å². The fraction of sp³-hybridized carbons (Fsp3) is 0.625. The van der Waals surface area contributed by atoms with E-state index >= 15 is 0 Å². The molecule has 1 aliphatic heterocycles. The van der Waals surface area contributed by atoms with Crippen LogP contribution in [0.3, 0.4) is 0 Å². The minimum atomic E-state index is -0.835. The number of esters is 1. The summed E-state index contributed by atoms with van der Waals surface area (Å²) in [4.78, 5) is 10.7. The van der Waals surface area contributed by atoms with Crippen LogP contribution < -0.4 is 0 Å². The van der Waals surface area contributed by atoms with Gasteiger partial charge in [0.15, 0.2) is 11.9 Å². The normalized spacial score (nSPS) is 25.8. The van der Waals surface area contributed by atoms with E-state index in [4.69, 9.17) is 9.84 Å². The Labute approximate surface area is 70.5 Å². The number of carbonyl (C=O) groups excluding carboxylic acids is 1. The van der Waals surface area contributed by atoms with Crippen LogP contribution in [0, 0.1) is 5.92 Å². The van der Waals surface area contributed by atoms with Crippen LogP contribution in [0.5, 0.6) is 0 Å². The lowest BCUT2D eigenvalue weighted by Crippen LogP contribution is -2.20. The van der Waals surface area contributed by atoms with Gasteiger partial charge >= 0.3 is 5.97 Å². The first-order chi connectivity index (χ1) is 5.57. The third-order valence-electron chi connectivity index (χ3n) is 2.10. The van der Waals surface area contributed by atoms with E-state index in [9.17, 15) is 9.90 Å². The molecule has 0 aromatic heterocycles. The van der Waals surface area contributed by atoms with Crippen molar-refractivity contribution in [3.63, 3.8) is 0 Å². The molecule has 0 saturated carbocycles. The minimum Gasteiger partial charge on any atom is -0.505 e. The highest BCUT2D eigenvalue weighted by molar-refractivity contribution is 5.89. The summed E-state index contributed by atoms with van der Waals surface area (Å²) in [5.74, 6) is -1.80. The predicted molar refractivity (Wildman–Crippen MR) is 41.6 cm³/mol. The number of hydrogen-bond donors (Lipinski definition) is 2. The average molecular weight is 172 g/mol. The number of ether oxygens (including phenoxy) is 1. The largest absolute Gasteiger partial charge is 0.505 e. The average Bonchev–Trinajstić information content (AvgIpc) is 2.32. The topological polar surface area (TPSA) is 66.8 Å². The predicted octanol–water partition coefficient (Wildman–Crippen LogP) is 1.29. The van der Waals surface area contributed by atoms with E-state index in [-0.39, 0.29) is 11.7 Å². The van der Waals surface area contributed by atoms with E-state index in [1.807, 2.05) is 13.8 Å². The van der Waals surface area contributed by atoms with Gasteiger partial charge in [-0.15, -0.1) is 0 Å². The summed E-state index contributed by atoms with van der Waals surface area (Å²) in [5.41, 5.74) is 0. The second-order valence-electron chi connectivity index (χ2n) is 2.95. The van der Waals surface area contributed by atoms with E-state index in [0.29, 0.717) is 0 Å². The molecule has 4 nitrogen and oxygen atoms in total. The van der Waals surface area contributed by atoms with Gasteiger partial charge in [0.2, 0.25) is 5.76 Å². The summed E-state index contributed by atoms with van der Waals surface area (Å²) in [6.07, 6.45) is 0.109.